The van der Waals surface area contributed by atoms with Gasteiger partial charge < -0.3 is 20.1 Å². The maximum atomic E-state index is 13.7. The molecule has 0 unspecified atom stereocenters. The minimum absolute atomic E-state index is 0.174. The number of nitrogens with one attached hydrogen (secondary N) is 2. The predicted octanol–water partition coefficient (Wildman–Crippen LogP) is 2.95. The third kappa shape index (κ3) is 4.31. The third-order valence-electron chi connectivity index (χ3n) is 3.29. The van der Waals surface area contributed by atoms with Crippen LogP contribution in [0.2, 0.25) is 0 Å². The summed E-state index contributed by atoms with van der Waals surface area (Å²) in [6, 6.07) is 5.73. The second-order valence-corrected chi connectivity index (χ2v) is 5.07. The van der Waals surface area contributed by atoms with Gasteiger partial charge in [0.25, 0.3) is 5.91 Å². The SMILES string of the molecule is COCC(=O)Nc1cc(NC(=O)c2ccc(F)c(F)c2F)ccc1OC. The van der Waals surface area contributed by atoms with Crippen LogP contribution in [-0.2, 0) is 9.53 Å². The first-order valence-electron chi connectivity index (χ1n) is 7.29. The molecular weight excluding hydrogens is 353 g/mol. The van der Waals surface area contributed by atoms with Gasteiger partial charge in [0.2, 0.25) is 5.91 Å². The molecule has 2 aromatic rings. The monoisotopic (exact) mass is 368 g/mol. The molecule has 138 valence electrons. The molecule has 0 saturated heterocycles. The van der Waals surface area contributed by atoms with Crippen LogP contribution in [0.5, 0.6) is 5.75 Å². The molecule has 0 atom stereocenters. The Kier molecular flexibility index (Phi) is 6.18. The fourth-order valence-electron chi connectivity index (χ4n) is 2.10. The molecule has 0 radical (unpaired) electrons. The van der Waals surface area contributed by atoms with Gasteiger partial charge in [-0.3, -0.25) is 9.59 Å². The van der Waals surface area contributed by atoms with Crippen molar-refractivity contribution in [1.29, 1.82) is 0 Å². The molecule has 0 aliphatic heterocycles. The van der Waals surface area contributed by atoms with Crippen LogP contribution in [0.3, 0.4) is 0 Å². The molecule has 0 aliphatic carbocycles. The summed E-state index contributed by atoms with van der Waals surface area (Å²) >= 11 is 0. The lowest BCUT2D eigenvalue weighted by Gasteiger charge is -2.13. The third-order valence-corrected chi connectivity index (χ3v) is 3.29. The van der Waals surface area contributed by atoms with Crippen LogP contribution >= 0.6 is 0 Å². The number of hydrogen-bond donors (Lipinski definition) is 2. The van der Waals surface area contributed by atoms with Crippen LogP contribution in [0.4, 0.5) is 24.5 Å². The van der Waals surface area contributed by atoms with Crippen molar-refractivity contribution in [2.24, 2.45) is 0 Å². The standard InChI is InChI=1S/C17H15F3N2O4/c1-25-8-14(23)22-12-7-9(3-6-13(12)26-2)21-17(24)10-4-5-11(18)16(20)15(10)19/h3-7H,8H2,1-2H3,(H,21,24)(H,22,23). The van der Waals surface area contributed by atoms with Crippen molar-refractivity contribution in [1.82, 2.24) is 0 Å². The summed E-state index contributed by atoms with van der Waals surface area (Å²) in [5.41, 5.74) is -0.254. The van der Waals surface area contributed by atoms with E-state index in [1.165, 1.54) is 32.4 Å². The van der Waals surface area contributed by atoms with E-state index in [1.807, 2.05) is 0 Å². The van der Waals surface area contributed by atoms with Gasteiger partial charge in [-0.2, -0.15) is 0 Å². The maximum Gasteiger partial charge on any atom is 0.258 e. The number of carbonyl (C=O) groups is 2. The van der Waals surface area contributed by atoms with E-state index in [0.717, 1.165) is 6.07 Å². The highest BCUT2D eigenvalue weighted by Crippen LogP contribution is 2.28. The van der Waals surface area contributed by atoms with Gasteiger partial charge in [0.05, 0.1) is 18.4 Å². The topological polar surface area (TPSA) is 76.7 Å². The second-order valence-electron chi connectivity index (χ2n) is 5.07. The first kappa shape index (κ1) is 19.3. The summed E-state index contributed by atoms with van der Waals surface area (Å²) in [5, 5.41) is 4.86. The lowest BCUT2D eigenvalue weighted by atomic mass is 10.1. The van der Waals surface area contributed by atoms with Gasteiger partial charge in [0.1, 0.15) is 12.4 Å². The van der Waals surface area contributed by atoms with Crippen molar-refractivity contribution in [2.45, 2.75) is 0 Å². The molecule has 0 spiro atoms. The normalized spacial score (nSPS) is 10.3. The maximum absolute atomic E-state index is 13.7. The van der Waals surface area contributed by atoms with Gasteiger partial charge in [0, 0.05) is 12.8 Å². The van der Waals surface area contributed by atoms with Crippen molar-refractivity contribution in [3.8, 4) is 5.75 Å². The highest BCUT2D eigenvalue weighted by atomic mass is 19.2. The van der Waals surface area contributed by atoms with Crippen molar-refractivity contribution in [2.75, 3.05) is 31.5 Å². The summed E-state index contributed by atoms with van der Waals surface area (Å²) in [6.07, 6.45) is 0. The Balaban J connectivity index is 2.25. The Morgan fingerprint density at radius 2 is 1.73 bits per heavy atom. The molecule has 26 heavy (non-hydrogen) atoms. The van der Waals surface area contributed by atoms with Crippen molar-refractivity contribution in [3.05, 3.63) is 53.3 Å². The number of halogens is 3. The van der Waals surface area contributed by atoms with Crippen LogP contribution in [0.25, 0.3) is 0 Å². The summed E-state index contributed by atoms with van der Waals surface area (Å²) in [7, 11) is 2.74. The van der Waals surface area contributed by atoms with Gasteiger partial charge >= 0.3 is 0 Å². The summed E-state index contributed by atoms with van der Waals surface area (Å²) < 4.78 is 49.7. The van der Waals surface area contributed by atoms with E-state index in [2.05, 4.69) is 10.6 Å². The minimum atomic E-state index is -1.74. The van der Waals surface area contributed by atoms with E-state index in [0.29, 0.717) is 11.8 Å². The first-order chi connectivity index (χ1) is 12.4. The lowest BCUT2D eigenvalue weighted by Crippen LogP contribution is -2.18. The van der Waals surface area contributed by atoms with Crippen molar-refractivity contribution < 1.29 is 32.2 Å². The summed E-state index contributed by atoms with van der Waals surface area (Å²) in [5.74, 6) is -5.86. The Morgan fingerprint density at radius 3 is 2.38 bits per heavy atom. The molecule has 0 fully saturated rings. The van der Waals surface area contributed by atoms with E-state index < -0.39 is 34.8 Å². The first-order valence-corrected chi connectivity index (χ1v) is 7.29. The van der Waals surface area contributed by atoms with Gasteiger partial charge in [-0.25, -0.2) is 13.2 Å². The van der Waals surface area contributed by atoms with Gasteiger partial charge in [-0.15, -0.1) is 0 Å². The largest absolute Gasteiger partial charge is 0.495 e. The molecule has 6 nitrogen and oxygen atoms in total. The van der Waals surface area contributed by atoms with Crippen molar-refractivity contribution >= 4 is 23.2 Å². The molecule has 0 saturated carbocycles. The molecule has 2 N–H and O–H groups in total. The Bertz CT molecular complexity index is 843. The quantitative estimate of drug-likeness (QED) is 0.769. The molecule has 9 heteroatoms. The highest BCUT2D eigenvalue weighted by Gasteiger charge is 2.19. The molecule has 2 rings (SSSR count). The number of ether oxygens (including phenoxy) is 2. The summed E-state index contributed by atoms with van der Waals surface area (Å²) in [4.78, 5) is 23.8. The average Bonchev–Trinajstić information content (AvgIpc) is 2.60. The van der Waals surface area contributed by atoms with Crippen LogP contribution in [-0.4, -0.2) is 32.6 Å². The average molecular weight is 368 g/mol. The van der Waals surface area contributed by atoms with Crippen LogP contribution in [0, 0.1) is 17.5 Å². The number of amides is 2. The molecule has 2 aromatic carbocycles. The number of rotatable bonds is 6. The van der Waals surface area contributed by atoms with E-state index in [1.54, 1.807) is 0 Å². The molecular formula is C17H15F3N2O4. The molecule has 2 amide bonds. The molecule has 0 bridgehead atoms. The van der Waals surface area contributed by atoms with Gasteiger partial charge in [0.15, 0.2) is 17.5 Å². The number of benzene rings is 2. The van der Waals surface area contributed by atoms with E-state index >= 15 is 0 Å². The number of carbonyl (C=O) groups excluding carboxylic acids is 2. The van der Waals surface area contributed by atoms with E-state index in [-0.39, 0.29) is 18.0 Å². The second kappa shape index (κ2) is 8.34. The lowest BCUT2D eigenvalue weighted by molar-refractivity contribution is -0.119. The highest BCUT2D eigenvalue weighted by molar-refractivity contribution is 6.05. The fourth-order valence-corrected chi connectivity index (χ4v) is 2.10. The van der Waals surface area contributed by atoms with E-state index in [4.69, 9.17) is 9.47 Å². The zero-order chi connectivity index (χ0) is 19.3. The van der Waals surface area contributed by atoms with Gasteiger partial charge in [-0.1, -0.05) is 0 Å². The van der Waals surface area contributed by atoms with Gasteiger partial charge in [-0.05, 0) is 30.3 Å². The van der Waals surface area contributed by atoms with Crippen molar-refractivity contribution in [3.63, 3.8) is 0 Å². The zero-order valence-corrected chi connectivity index (χ0v) is 13.9. The van der Waals surface area contributed by atoms with Crippen LogP contribution in [0.15, 0.2) is 30.3 Å². The Morgan fingerprint density at radius 1 is 1.00 bits per heavy atom. The minimum Gasteiger partial charge on any atom is -0.495 e. The smallest absolute Gasteiger partial charge is 0.258 e. The number of hydrogen-bond acceptors (Lipinski definition) is 4. The Hall–Kier alpha value is -3.07. The number of anilines is 2. The number of methoxy groups -OCH3 is 2. The zero-order valence-electron chi connectivity index (χ0n) is 13.9. The Labute approximate surface area is 146 Å². The predicted molar refractivity (Wildman–Crippen MR) is 87.8 cm³/mol. The fraction of sp³-hybridized carbons (Fsp3) is 0.176. The van der Waals surface area contributed by atoms with E-state index in [9.17, 15) is 22.8 Å². The van der Waals surface area contributed by atoms with Crippen LogP contribution in [0.1, 0.15) is 10.4 Å². The van der Waals surface area contributed by atoms with Crippen LogP contribution < -0.4 is 15.4 Å². The molecule has 0 aliphatic rings. The molecule has 0 heterocycles. The molecule has 0 aromatic heterocycles. The summed E-state index contributed by atoms with van der Waals surface area (Å²) in [6.45, 7) is -0.195.